The highest BCUT2D eigenvalue weighted by Gasteiger charge is 2.45. The normalized spacial score (nSPS) is 25.1. The molecule has 11 heteroatoms. The van der Waals surface area contributed by atoms with Gasteiger partial charge in [0.05, 0.1) is 16.7 Å². The van der Waals surface area contributed by atoms with Gasteiger partial charge in [0.2, 0.25) is 11.9 Å². The van der Waals surface area contributed by atoms with Crippen LogP contribution in [-0.2, 0) is 16.4 Å². The van der Waals surface area contributed by atoms with E-state index in [1.54, 1.807) is 0 Å². The highest BCUT2D eigenvalue weighted by atomic mass is 35.5. The first-order valence-electron chi connectivity index (χ1n) is 10.2. The number of hydrogen-bond donors (Lipinski definition) is 1. The molecular formula is C15H15ClF3N5OS. The van der Waals surface area contributed by atoms with Gasteiger partial charge in [-0.25, -0.2) is 15.0 Å². The fourth-order valence-electron chi connectivity index (χ4n) is 2.39. The minimum atomic E-state index is -4.64. The van der Waals surface area contributed by atoms with Gasteiger partial charge < -0.3 is 10.2 Å². The maximum absolute atomic E-state index is 13.0. The maximum atomic E-state index is 13.0. The summed E-state index contributed by atoms with van der Waals surface area (Å²) in [6.07, 6.45) is -4.39. The third-order valence-electron chi connectivity index (χ3n) is 3.78. The molecule has 0 unspecified atom stereocenters. The smallest absolute Gasteiger partial charge is 0.345 e. The molecule has 1 aliphatic heterocycles. The standard InChI is InChI=1S/C15H15ClF3N5OS/c1-7-8(15(17,18)19)6-20-13(21-7)23-10-9(16)22-11(26-10)14(2)4-5-24(3)12(14)25/h6H,4-5H2,1-3H3,(H,20,21,23)/t14-/m0/s1/i2D3,3D3. The van der Waals surface area contributed by atoms with Crippen molar-refractivity contribution in [2.45, 2.75) is 31.8 Å². The summed E-state index contributed by atoms with van der Waals surface area (Å²) in [4.78, 5) is 24.7. The zero-order valence-electron chi connectivity index (χ0n) is 19.1. The largest absolute Gasteiger partial charge is 0.419 e. The lowest BCUT2D eigenvalue weighted by molar-refractivity contribution is -0.138. The van der Waals surface area contributed by atoms with Crippen molar-refractivity contribution in [2.75, 3.05) is 18.8 Å². The molecule has 3 heterocycles. The lowest BCUT2D eigenvalue weighted by Gasteiger charge is -2.18. The Kier molecular flexibility index (Phi) is 3.04. The van der Waals surface area contributed by atoms with Crippen molar-refractivity contribution < 1.29 is 26.2 Å². The first kappa shape index (κ1) is 12.4. The van der Waals surface area contributed by atoms with Crippen LogP contribution in [0.4, 0.5) is 24.1 Å². The highest BCUT2D eigenvalue weighted by molar-refractivity contribution is 7.16. The van der Waals surface area contributed by atoms with Crippen molar-refractivity contribution in [1.82, 2.24) is 19.9 Å². The third kappa shape index (κ3) is 3.23. The molecule has 140 valence electrons. The summed E-state index contributed by atoms with van der Waals surface area (Å²) in [7, 11) is 0. The molecule has 0 spiro atoms. The Balaban J connectivity index is 1.99. The van der Waals surface area contributed by atoms with E-state index >= 15 is 0 Å². The van der Waals surface area contributed by atoms with Crippen molar-refractivity contribution in [1.29, 1.82) is 0 Å². The first-order chi connectivity index (χ1) is 14.5. The molecule has 0 saturated carbocycles. The molecule has 0 aliphatic carbocycles. The first-order valence-corrected chi connectivity index (χ1v) is 8.34. The van der Waals surface area contributed by atoms with Crippen LogP contribution in [0.25, 0.3) is 0 Å². The summed E-state index contributed by atoms with van der Waals surface area (Å²) in [5.41, 5.74) is -3.61. The number of nitrogens with zero attached hydrogens (tertiary/aromatic N) is 4. The molecule has 1 fully saturated rings. The second-order valence-electron chi connectivity index (χ2n) is 5.57. The molecule has 26 heavy (non-hydrogen) atoms. The third-order valence-corrected chi connectivity index (χ3v) is 5.30. The number of likely N-dealkylation sites (tertiary alicyclic amines) is 1. The average Bonchev–Trinajstić information content (AvgIpc) is 3.14. The molecule has 0 bridgehead atoms. The number of rotatable bonds is 3. The van der Waals surface area contributed by atoms with Gasteiger partial charge in [-0.1, -0.05) is 22.9 Å². The quantitative estimate of drug-likeness (QED) is 0.832. The maximum Gasteiger partial charge on any atom is 0.419 e. The van der Waals surface area contributed by atoms with Gasteiger partial charge >= 0.3 is 6.18 Å². The Morgan fingerprint density at radius 1 is 1.46 bits per heavy atom. The van der Waals surface area contributed by atoms with Gasteiger partial charge in [-0.2, -0.15) is 13.2 Å². The summed E-state index contributed by atoms with van der Waals surface area (Å²) < 4.78 is 84.9. The number of thiazole rings is 1. The van der Waals surface area contributed by atoms with Gasteiger partial charge in [0, 0.05) is 27.9 Å². The number of aromatic nitrogens is 3. The van der Waals surface area contributed by atoms with E-state index in [9.17, 15) is 18.0 Å². The lowest BCUT2D eigenvalue weighted by atomic mass is 9.90. The van der Waals surface area contributed by atoms with Crippen molar-refractivity contribution in [2.24, 2.45) is 0 Å². The molecule has 1 N–H and O–H groups in total. The number of carbonyl (C=O) groups is 1. The van der Waals surface area contributed by atoms with E-state index in [1.165, 1.54) is 0 Å². The predicted octanol–water partition coefficient (Wildman–Crippen LogP) is 3.78. The van der Waals surface area contributed by atoms with Crippen LogP contribution in [-0.4, -0.2) is 39.3 Å². The average molecular weight is 412 g/mol. The summed E-state index contributed by atoms with van der Waals surface area (Å²) in [5, 5.41) is 2.05. The van der Waals surface area contributed by atoms with Gasteiger partial charge in [0.15, 0.2) is 5.15 Å². The molecule has 1 amide bonds. The van der Waals surface area contributed by atoms with Gasteiger partial charge in [0.1, 0.15) is 10.0 Å². The van der Waals surface area contributed by atoms with Crippen LogP contribution in [0.2, 0.25) is 5.15 Å². The number of amides is 1. The highest BCUT2D eigenvalue weighted by Crippen LogP contribution is 2.42. The fraction of sp³-hybridized carbons (Fsp3) is 0.467. The predicted molar refractivity (Wildman–Crippen MR) is 91.8 cm³/mol. The van der Waals surface area contributed by atoms with Gasteiger partial charge in [0.25, 0.3) is 0 Å². The van der Waals surface area contributed by atoms with Crippen LogP contribution in [0.15, 0.2) is 6.20 Å². The number of nitrogens with one attached hydrogen (secondary N) is 1. The minimum Gasteiger partial charge on any atom is -0.345 e. The zero-order chi connectivity index (χ0) is 24.3. The Hall–Kier alpha value is -1.94. The van der Waals surface area contributed by atoms with Gasteiger partial charge in [-0.3, -0.25) is 4.79 Å². The number of aryl methyl sites for hydroxylation is 1. The van der Waals surface area contributed by atoms with Gasteiger partial charge in [-0.05, 0) is 20.2 Å². The number of alkyl halides is 3. The topological polar surface area (TPSA) is 71.0 Å². The minimum absolute atomic E-state index is 0.00964. The molecule has 1 atom stereocenters. The Morgan fingerprint density at radius 2 is 2.23 bits per heavy atom. The number of carbonyl (C=O) groups excluding carboxylic acids is 1. The second kappa shape index (κ2) is 6.34. The number of halogens is 4. The van der Waals surface area contributed by atoms with Crippen molar-refractivity contribution in [3.63, 3.8) is 0 Å². The van der Waals surface area contributed by atoms with Crippen molar-refractivity contribution >= 4 is 39.8 Å². The number of anilines is 2. The van der Waals surface area contributed by atoms with E-state index in [-0.39, 0.29) is 39.8 Å². The fourth-order valence-corrected chi connectivity index (χ4v) is 3.65. The van der Waals surface area contributed by atoms with Gasteiger partial charge in [-0.15, -0.1) is 0 Å². The van der Waals surface area contributed by atoms with Crippen LogP contribution < -0.4 is 5.32 Å². The van der Waals surface area contributed by atoms with Crippen LogP contribution >= 0.6 is 22.9 Å². The monoisotopic (exact) mass is 411 g/mol. The summed E-state index contributed by atoms with van der Waals surface area (Å²) >= 11 is 6.75. The molecule has 1 aliphatic rings. The van der Waals surface area contributed by atoms with Crippen LogP contribution in [0, 0.1) is 6.92 Å². The van der Waals surface area contributed by atoms with Crippen LogP contribution in [0.3, 0.4) is 0 Å². The molecule has 6 nitrogen and oxygen atoms in total. The van der Waals surface area contributed by atoms with E-state index in [0.717, 1.165) is 6.92 Å². The summed E-state index contributed by atoms with van der Waals surface area (Å²) in [6.45, 7) is -4.96. The molecule has 1 saturated heterocycles. The summed E-state index contributed by atoms with van der Waals surface area (Å²) in [5.74, 6) is -1.38. The van der Waals surface area contributed by atoms with Crippen molar-refractivity contribution in [3.8, 4) is 0 Å². The molecule has 0 radical (unpaired) electrons. The molecule has 0 aromatic carbocycles. The number of likely N-dealkylation sites (N-methyl/N-ethyl adjacent to an activating group) is 1. The zero-order valence-corrected chi connectivity index (χ0v) is 14.7. The van der Waals surface area contributed by atoms with Crippen LogP contribution in [0.1, 0.15) is 37.8 Å². The number of hydrogen-bond acceptors (Lipinski definition) is 6. The molecule has 3 rings (SSSR count). The Morgan fingerprint density at radius 3 is 2.81 bits per heavy atom. The van der Waals surface area contributed by atoms with E-state index in [2.05, 4.69) is 20.3 Å². The van der Waals surface area contributed by atoms with E-state index in [4.69, 9.17) is 19.8 Å². The second-order valence-corrected chi connectivity index (χ2v) is 6.92. The van der Waals surface area contributed by atoms with Crippen LogP contribution in [0.5, 0.6) is 0 Å². The van der Waals surface area contributed by atoms with E-state index in [1.807, 2.05) is 0 Å². The SMILES string of the molecule is [2H]C([2H])([2H])N1CC[C@](c2nc(Cl)c(Nc3ncc(C(F)(F)F)c(C)n3)s2)(C([2H])([2H])[2H])C1=O. The van der Waals surface area contributed by atoms with Crippen molar-refractivity contribution in [3.05, 3.63) is 27.6 Å². The summed E-state index contributed by atoms with van der Waals surface area (Å²) in [6, 6.07) is 0. The lowest BCUT2D eigenvalue weighted by Crippen LogP contribution is -2.33. The molecule has 2 aromatic heterocycles. The molecular weight excluding hydrogens is 391 g/mol. The Labute approximate surface area is 164 Å². The Bertz CT molecular complexity index is 1060. The van der Waals surface area contributed by atoms with E-state index < -0.39 is 36.9 Å². The molecule has 2 aromatic rings. The van der Waals surface area contributed by atoms with E-state index in [0.29, 0.717) is 22.4 Å².